The fraction of sp³-hybridized carbons (Fsp3) is 0.132. The zero-order valence-electron chi connectivity index (χ0n) is 52.5. The molecule has 1 aliphatic heterocycles. The van der Waals surface area contributed by atoms with Crippen LogP contribution in [0.3, 0.4) is 0 Å². The molecule has 14 aromatic rings. The smallest absolute Gasteiger partial charge is 0.269 e. The Morgan fingerprint density at radius 2 is 1.02 bits per heavy atom. The Morgan fingerprint density at radius 1 is 0.451 bits per heavy atom. The van der Waals surface area contributed by atoms with Crippen LogP contribution in [0.15, 0.2) is 225 Å². The van der Waals surface area contributed by atoms with Crippen LogP contribution < -0.4 is 9.30 Å². The maximum Gasteiger partial charge on any atom is 0.269 e. The van der Waals surface area contributed by atoms with E-state index in [0.717, 1.165) is 116 Å². The molecule has 0 spiro atoms. The molecule has 1 aliphatic rings. The lowest BCUT2D eigenvalue weighted by Crippen LogP contribution is -2.35. The fourth-order valence-corrected chi connectivity index (χ4v) is 12.8. The highest BCUT2D eigenvalue weighted by Gasteiger charge is 2.31. The van der Waals surface area contributed by atoms with Crippen LogP contribution in [-0.4, -0.2) is 18.7 Å². The summed E-state index contributed by atoms with van der Waals surface area (Å²) >= 11 is 0. The van der Waals surface area contributed by atoms with Crippen LogP contribution in [0.1, 0.15) is 72.0 Å². The zero-order chi connectivity index (χ0) is 60.8. The topological polar surface area (TPSA) is 40.8 Å². The first-order chi connectivity index (χ1) is 42.2. The molecule has 82 heavy (non-hydrogen) atoms. The summed E-state index contributed by atoms with van der Waals surface area (Å²) in [7, 11) is 0. The van der Waals surface area contributed by atoms with E-state index < -0.39 is 19.1 Å². The summed E-state index contributed by atoms with van der Waals surface area (Å²) in [4.78, 5) is 4.94. The average molecular weight is 1070 g/mol. The van der Waals surface area contributed by atoms with Crippen molar-refractivity contribution in [3.63, 3.8) is 0 Å². The molecule has 0 saturated heterocycles. The van der Waals surface area contributed by atoms with Gasteiger partial charge in [0.25, 0.3) is 6.33 Å². The van der Waals surface area contributed by atoms with Crippen molar-refractivity contribution in [2.75, 3.05) is 0 Å². The molecular weight excluding hydrogens is 999 g/mol. The third kappa shape index (κ3) is 7.76. The van der Waals surface area contributed by atoms with E-state index >= 15 is 0 Å². The van der Waals surface area contributed by atoms with Crippen molar-refractivity contribution in [3.05, 3.63) is 253 Å². The van der Waals surface area contributed by atoms with Crippen molar-refractivity contribution >= 4 is 54.6 Å². The Bertz CT molecular complexity index is 5110. The standard InChI is InChI=1S/C76H61N5O/c1-47-21-19-22-48(2)72(47)49-39-63-57-27-11-9-25-55(57)56-26-10-12-28-58(56)64-43-52(80-66-32-16-13-29-59(66)60-30-14-17-33-67(60)80)44-70-74(64)79(73(63)65(40-49)76(6,7)8)46-78(70)51-23-20-24-53(42-51)82-54-35-36-62-61-31-15-18-34-68(61)81(69(62)45-54)71-41-50(37-38-77-71)75(3,4)5/h9-45H,1-8H3/i1D3,2D3. The van der Waals surface area contributed by atoms with Crippen molar-refractivity contribution in [1.29, 1.82) is 0 Å². The molecule has 6 nitrogen and oxygen atoms in total. The van der Waals surface area contributed by atoms with Gasteiger partial charge in [0.2, 0.25) is 0 Å². The van der Waals surface area contributed by atoms with Gasteiger partial charge in [0.15, 0.2) is 0 Å². The van der Waals surface area contributed by atoms with Gasteiger partial charge in [-0.25, -0.2) is 4.98 Å². The Balaban J connectivity index is 1.02. The highest BCUT2D eigenvalue weighted by atomic mass is 16.5. The van der Waals surface area contributed by atoms with Gasteiger partial charge in [-0.1, -0.05) is 175 Å². The monoisotopic (exact) mass is 1070 g/mol. The number of nitrogens with zero attached hydrogens (tertiary/aromatic N) is 5. The van der Waals surface area contributed by atoms with E-state index in [4.69, 9.17) is 17.9 Å². The van der Waals surface area contributed by atoms with Gasteiger partial charge in [-0.15, -0.1) is 0 Å². The molecule has 0 fully saturated rings. The number of rotatable bonds is 6. The summed E-state index contributed by atoms with van der Waals surface area (Å²) in [5, 5.41) is 4.49. The summed E-state index contributed by atoms with van der Waals surface area (Å²) < 4.78 is 69.0. The molecule has 0 unspecified atom stereocenters. The van der Waals surface area contributed by atoms with Crippen molar-refractivity contribution < 1.29 is 17.5 Å². The summed E-state index contributed by atoms with van der Waals surface area (Å²) in [5.74, 6) is 2.11. The first kappa shape index (κ1) is 43.1. The predicted octanol–water partition coefficient (Wildman–Crippen LogP) is 19.3. The number of hydrogen-bond acceptors (Lipinski definition) is 2. The van der Waals surface area contributed by atoms with Crippen molar-refractivity contribution in [2.45, 2.75) is 66.1 Å². The van der Waals surface area contributed by atoms with Gasteiger partial charge < -0.3 is 9.30 Å². The van der Waals surface area contributed by atoms with Crippen molar-refractivity contribution in [3.8, 4) is 78.9 Å². The van der Waals surface area contributed by atoms with Crippen LogP contribution >= 0.6 is 0 Å². The highest BCUT2D eigenvalue weighted by Crippen LogP contribution is 2.48. The Morgan fingerprint density at radius 3 is 1.66 bits per heavy atom. The molecule has 0 aliphatic carbocycles. The molecule has 6 heteroatoms. The quantitative estimate of drug-likeness (QED) is 0.123. The SMILES string of the molecule is [2H]C([2H])([2H])c1cccc(C([2H])([2H])[2H])c1-c1cc2c(c(C(C)(C)C)c1)-[n+]1[c-]n(-c3cccc(Oc4ccc5c6ccccc6n(-c6cc(C(C)(C)C)ccn6)c5c4)c3)c3cc(-n4c5ccccc5c5ccccc54)cc(c31)-c1ccccc1-c1ccccc1-2. The van der Waals surface area contributed by atoms with Crippen LogP contribution in [-0.2, 0) is 10.8 Å². The van der Waals surface area contributed by atoms with Gasteiger partial charge in [-0.05, 0) is 170 Å². The van der Waals surface area contributed by atoms with E-state index in [2.05, 4.69) is 230 Å². The second-order valence-corrected chi connectivity index (χ2v) is 23.8. The maximum absolute atomic E-state index is 8.84. The number of pyridine rings is 1. The molecule has 10 aromatic carbocycles. The fourth-order valence-electron chi connectivity index (χ4n) is 12.8. The number of ether oxygens (including phenoxy) is 1. The predicted molar refractivity (Wildman–Crippen MR) is 339 cm³/mol. The van der Waals surface area contributed by atoms with E-state index in [9.17, 15) is 0 Å². The van der Waals surface area contributed by atoms with Crippen LogP contribution in [0, 0.1) is 20.0 Å². The Kier molecular flexibility index (Phi) is 9.66. The molecule has 0 bridgehead atoms. The lowest BCUT2D eigenvalue weighted by molar-refractivity contribution is -0.572. The Labute approximate surface area is 486 Å². The van der Waals surface area contributed by atoms with Crippen molar-refractivity contribution in [1.82, 2.24) is 18.7 Å². The van der Waals surface area contributed by atoms with Crippen LogP contribution in [0.5, 0.6) is 11.5 Å². The van der Waals surface area contributed by atoms with Crippen LogP contribution in [0.25, 0.3) is 122 Å². The normalized spacial score (nSPS) is 13.8. The molecule has 15 rings (SSSR count). The van der Waals surface area contributed by atoms with E-state index in [1.165, 1.54) is 17.7 Å². The molecule has 4 aromatic heterocycles. The number of para-hydroxylation sites is 3. The number of imidazole rings is 1. The number of benzene rings is 10. The van der Waals surface area contributed by atoms with Gasteiger partial charge in [0.1, 0.15) is 17.3 Å². The molecule has 396 valence electrons. The number of aromatic nitrogens is 5. The van der Waals surface area contributed by atoms with E-state index in [1.807, 2.05) is 42.6 Å². The van der Waals surface area contributed by atoms with Crippen molar-refractivity contribution in [2.24, 2.45) is 0 Å². The minimum absolute atomic E-state index is 0.0226. The summed E-state index contributed by atoms with van der Waals surface area (Å²) in [6, 6.07) is 74.4. The lowest BCUT2D eigenvalue weighted by Gasteiger charge is -2.28. The number of hydrogen-bond donors (Lipinski definition) is 0. The van der Waals surface area contributed by atoms with E-state index in [1.54, 1.807) is 6.07 Å². The van der Waals surface area contributed by atoms with Gasteiger partial charge >= 0.3 is 0 Å². The van der Waals surface area contributed by atoms with E-state index in [-0.39, 0.29) is 22.1 Å². The summed E-state index contributed by atoms with van der Waals surface area (Å²) in [5.41, 5.74) is 16.0. The number of fused-ring (bicyclic) bond motifs is 13. The Hall–Kier alpha value is -9.78. The van der Waals surface area contributed by atoms with Crippen LogP contribution in [0.4, 0.5) is 0 Å². The van der Waals surface area contributed by atoms with Gasteiger partial charge in [0.05, 0.1) is 44.5 Å². The molecule has 0 radical (unpaired) electrons. The van der Waals surface area contributed by atoms with Gasteiger partial charge in [0, 0.05) is 47.7 Å². The zero-order valence-corrected chi connectivity index (χ0v) is 46.5. The molecule has 0 amide bonds. The summed E-state index contributed by atoms with van der Waals surface area (Å²) in [6.07, 6.45) is 5.90. The minimum Gasteiger partial charge on any atom is -0.458 e. The maximum atomic E-state index is 8.84. The van der Waals surface area contributed by atoms with Crippen LogP contribution in [0.2, 0.25) is 0 Å². The minimum atomic E-state index is -2.63. The largest absolute Gasteiger partial charge is 0.458 e. The number of aryl methyl sites for hydroxylation is 2. The molecular formula is C76H61N5O. The average Bonchev–Trinajstić information content (AvgIpc) is 1.56. The summed E-state index contributed by atoms with van der Waals surface area (Å²) in [6.45, 7) is 7.85. The third-order valence-corrected chi connectivity index (χ3v) is 16.6. The third-order valence-electron chi connectivity index (χ3n) is 16.6. The first-order valence-corrected chi connectivity index (χ1v) is 28.0. The molecule has 0 atom stereocenters. The van der Waals surface area contributed by atoms with Gasteiger partial charge in [-0.3, -0.25) is 13.7 Å². The second kappa shape index (κ2) is 18.4. The van der Waals surface area contributed by atoms with Gasteiger partial charge in [-0.2, -0.15) is 0 Å². The molecule has 0 N–H and O–H groups in total. The van der Waals surface area contributed by atoms with E-state index in [0.29, 0.717) is 17.1 Å². The molecule has 0 saturated carbocycles. The second-order valence-electron chi connectivity index (χ2n) is 23.8. The first-order valence-electron chi connectivity index (χ1n) is 31.0. The highest BCUT2D eigenvalue weighted by molar-refractivity contribution is 6.11. The lowest BCUT2D eigenvalue weighted by atomic mass is 9.79. The molecule has 5 heterocycles.